The molecule has 86 valence electrons. The average Bonchev–Trinajstić information content (AvgIpc) is 2.71. The zero-order valence-corrected chi connectivity index (χ0v) is 8.83. The van der Waals surface area contributed by atoms with Crippen LogP contribution in [-0.2, 0) is 9.47 Å². The van der Waals surface area contributed by atoms with Gasteiger partial charge in [-0.25, -0.2) is 4.79 Å². The molecule has 0 radical (unpaired) electrons. The number of ether oxygens (including phenoxy) is 2. The highest BCUT2D eigenvalue weighted by molar-refractivity contribution is 5.67. The number of nitrogens with one attached hydrogen (secondary N) is 2. The second kappa shape index (κ2) is 5.32. The predicted molar refractivity (Wildman–Crippen MR) is 54.7 cm³/mol. The van der Waals surface area contributed by atoms with Crippen LogP contribution >= 0.6 is 0 Å². The highest BCUT2D eigenvalue weighted by atomic mass is 16.6. The van der Waals surface area contributed by atoms with Crippen LogP contribution in [0.25, 0.3) is 0 Å². The quantitative estimate of drug-likeness (QED) is 0.692. The van der Waals surface area contributed by atoms with Crippen molar-refractivity contribution in [3.63, 3.8) is 0 Å². The highest BCUT2D eigenvalue weighted by Crippen LogP contribution is 2.08. The number of hydrogen-bond donors (Lipinski definition) is 2. The first-order valence-corrected chi connectivity index (χ1v) is 5.60. The molecule has 0 aliphatic carbocycles. The van der Waals surface area contributed by atoms with E-state index in [1.807, 2.05) is 0 Å². The first-order valence-electron chi connectivity index (χ1n) is 5.60. The van der Waals surface area contributed by atoms with Crippen molar-refractivity contribution in [3.8, 4) is 0 Å². The molecule has 15 heavy (non-hydrogen) atoms. The first-order chi connectivity index (χ1) is 7.34. The molecule has 2 fully saturated rings. The molecule has 2 saturated heterocycles. The van der Waals surface area contributed by atoms with Crippen molar-refractivity contribution >= 4 is 6.09 Å². The van der Waals surface area contributed by atoms with Crippen molar-refractivity contribution in [2.24, 2.45) is 0 Å². The van der Waals surface area contributed by atoms with Crippen LogP contribution in [0.3, 0.4) is 0 Å². The third-order valence-electron chi connectivity index (χ3n) is 2.78. The average molecular weight is 214 g/mol. The Morgan fingerprint density at radius 3 is 3.07 bits per heavy atom. The third-order valence-corrected chi connectivity index (χ3v) is 2.78. The maximum absolute atomic E-state index is 11.5. The molecule has 2 unspecified atom stereocenters. The molecule has 0 aromatic carbocycles. The largest absolute Gasteiger partial charge is 0.445 e. The minimum absolute atomic E-state index is 0.0288. The molecule has 2 aliphatic heterocycles. The van der Waals surface area contributed by atoms with Crippen molar-refractivity contribution in [2.75, 3.05) is 26.3 Å². The Hall–Kier alpha value is -0.810. The van der Waals surface area contributed by atoms with E-state index in [4.69, 9.17) is 9.47 Å². The van der Waals surface area contributed by atoms with Gasteiger partial charge >= 0.3 is 6.09 Å². The van der Waals surface area contributed by atoms with Gasteiger partial charge < -0.3 is 20.1 Å². The van der Waals surface area contributed by atoms with E-state index in [1.165, 1.54) is 0 Å². The van der Waals surface area contributed by atoms with Gasteiger partial charge in [0.2, 0.25) is 0 Å². The second-order valence-electron chi connectivity index (χ2n) is 4.08. The molecule has 2 atom stereocenters. The summed E-state index contributed by atoms with van der Waals surface area (Å²) in [6.45, 7) is 3.14. The van der Waals surface area contributed by atoms with Crippen molar-refractivity contribution in [1.82, 2.24) is 10.6 Å². The molecule has 0 saturated carbocycles. The molecule has 2 N–H and O–H groups in total. The van der Waals surface area contributed by atoms with Crippen molar-refractivity contribution < 1.29 is 14.3 Å². The SMILES string of the molecule is O=C(NC1CCOC1)OC1CCCNC1. The van der Waals surface area contributed by atoms with Gasteiger partial charge in [0.1, 0.15) is 6.10 Å². The molecule has 0 bridgehead atoms. The number of piperidine rings is 1. The van der Waals surface area contributed by atoms with E-state index in [1.54, 1.807) is 0 Å². The van der Waals surface area contributed by atoms with Crippen molar-refractivity contribution in [3.05, 3.63) is 0 Å². The molecular weight excluding hydrogens is 196 g/mol. The molecule has 5 nitrogen and oxygen atoms in total. The zero-order valence-electron chi connectivity index (χ0n) is 8.83. The number of carbonyl (C=O) groups excluding carboxylic acids is 1. The predicted octanol–water partition coefficient (Wildman–Crippen LogP) is 0.253. The van der Waals surface area contributed by atoms with Crippen LogP contribution in [0.5, 0.6) is 0 Å². The fourth-order valence-electron chi connectivity index (χ4n) is 1.92. The Labute approximate surface area is 89.5 Å². The van der Waals surface area contributed by atoms with E-state index in [0.717, 1.165) is 39.0 Å². The molecule has 2 heterocycles. The lowest BCUT2D eigenvalue weighted by Crippen LogP contribution is -2.42. The molecule has 0 aromatic heterocycles. The Kier molecular flexibility index (Phi) is 3.80. The molecule has 5 heteroatoms. The van der Waals surface area contributed by atoms with Crippen LogP contribution in [0.15, 0.2) is 0 Å². The van der Waals surface area contributed by atoms with Gasteiger partial charge in [0.05, 0.1) is 12.6 Å². The van der Waals surface area contributed by atoms with Crippen molar-refractivity contribution in [2.45, 2.75) is 31.4 Å². The molecule has 2 rings (SSSR count). The molecule has 1 amide bonds. The van der Waals surface area contributed by atoms with Gasteiger partial charge in [0.25, 0.3) is 0 Å². The van der Waals surface area contributed by atoms with Crippen LogP contribution in [-0.4, -0.2) is 44.5 Å². The number of alkyl carbamates (subject to hydrolysis) is 1. The van der Waals surface area contributed by atoms with Gasteiger partial charge in [0, 0.05) is 13.2 Å². The Morgan fingerprint density at radius 2 is 2.40 bits per heavy atom. The molecule has 0 spiro atoms. The van der Waals surface area contributed by atoms with Gasteiger partial charge in [-0.1, -0.05) is 0 Å². The summed E-state index contributed by atoms with van der Waals surface area (Å²) in [5.41, 5.74) is 0. The Bertz CT molecular complexity index is 211. The molecule has 0 aromatic rings. The zero-order chi connectivity index (χ0) is 10.5. The first kappa shape index (κ1) is 10.7. The summed E-state index contributed by atoms with van der Waals surface area (Å²) < 4.78 is 10.5. The fourth-order valence-corrected chi connectivity index (χ4v) is 1.92. The van der Waals surface area contributed by atoms with Gasteiger partial charge in [0.15, 0.2) is 0 Å². The number of hydrogen-bond acceptors (Lipinski definition) is 4. The monoisotopic (exact) mass is 214 g/mol. The van der Waals surface area contributed by atoms with Gasteiger partial charge in [-0.3, -0.25) is 0 Å². The summed E-state index contributed by atoms with van der Waals surface area (Å²) in [5, 5.41) is 6.02. The van der Waals surface area contributed by atoms with E-state index < -0.39 is 0 Å². The van der Waals surface area contributed by atoms with Crippen LogP contribution < -0.4 is 10.6 Å². The minimum atomic E-state index is -0.306. The third kappa shape index (κ3) is 3.35. The van der Waals surface area contributed by atoms with Gasteiger partial charge in [-0.05, 0) is 25.8 Å². The Balaban J connectivity index is 1.66. The highest BCUT2D eigenvalue weighted by Gasteiger charge is 2.21. The van der Waals surface area contributed by atoms with Crippen LogP contribution in [0.2, 0.25) is 0 Å². The number of carbonyl (C=O) groups is 1. The summed E-state index contributed by atoms with van der Waals surface area (Å²) in [7, 11) is 0. The standard InChI is InChI=1S/C10H18N2O3/c13-10(12-8-3-5-14-7-8)15-9-2-1-4-11-6-9/h8-9,11H,1-7H2,(H,12,13). The van der Waals surface area contributed by atoms with Crippen LogP contribution in [0.4, 0.5) is 4.79 Å². The summed E-state index contributed by atoms with van der Waals surface area (Å²) in [6.07, 6.45) is 2.64. The van der Waals surface area contributed by atoms with E-state index in [9.17, 15) is 4.79 Å². The molecule has 2 aliphatic rings. The maximum atomic E-state index is 11.5. The van der Waals surface area contributed by atoms with Crippen molar-refractivity contribution in [1.29, 1.82) is 0 Å². The van der Waals surface area contributed by atoms with Gasteiger partial charge in [-0.2, -0.15) is 0 Å². The number of amides is 1. The second-order valence-corrected chi connectivity index (χ2v) is 4.08. The summed E-state index contributed by atoms with van der Waals surface area (Å²) in [4.78, 5) is 11.5. The Morgan fingerprint density at radius 1 is 1.47 bits per heavy atom. The summed E-state index contributed by atoms with van der Waals surface area (Å²) in [5.74, 6) is 0. The van der Waals surface area contributed by atoms with Gasteiger partial charge in [-0.15, -0.1) is 0 Å². The normalized spacial score (nSPS) is 31.2. The summed E-state index contributed by atoms with van der Waals surface area (Å²) in [6, 6.07) is 0.133. The smallest absolute Gasteiger partial charge is 0.407 e. The van der Waals surface area contributed by atoms with Crippen LogP contribution in [0, 0.1) is 0 Å². The lowest BCUT2D eigenvalue weighted by Gasteiger charge is -2.23. The van der Waals surface area contributed by atoms with E-state index in [-0.39, 0.29) is 18.2 Å². The lowest BCUT2D eigenvalue weighted by molar-refractivity contribution is 0.0790. The summed E-state index contributed by atoms with van der Waals surface area (Å²) >= 11 is 0. The molecular formula is C10H18N2O3. The lowest BCUT2D eigenvalue weighted by atomic mass is 10.1. The topological polar surface area (TPSA) is 59.6 Å². The maximum Gasteiger partial charge on any atom is 0.407 e. The van der Waals surface area contributed by atoms with Crippen LogP contribution in [0.1, 0.15) is 19.3 Å². The number of rotatable bonds is 2. The minimum Gasteiger partial charge on any atom is -0.445 e. The van der Waals surface area contributed by atoms with E-state index in [0.29, 0.717) is 6.61 Å². The fraction of sp³-hybridized carbons (Fsp3) is 0.900. The van der Waals surface area contributed by atoms with E-state index in [2.05, 4.69) is 10.6 Å². The van der Waals surface area contributed by atoms with E-state index >= 15 is 0 Å².